The van der Waals surface area contributed by atoms with Gasteiger partial charge in [0.2, 0.25) is 0 Å². The molecule has 0 aliphatic heterocycles. The molecule has 1 N–H and O–H groups in total. The van der Waals surface area contributed by atoms with Gasteiger partial charge < -0.3 is 14.3 Å². The molecule has 0 unspecified atom stereocenters. The predicted octanol–water partition coefficient (Wildman–Crippen LogP) is 3.50. The number of H-pyrrole nitrogens is 1. The van der Waals surface area contributed by atoms with Crippen LogP contribution in [0, 0.1) is 6.92 Å². The number of hydrogen-bond donors (Lipinski definition) is 1. The number of carbonyl (C=O) groups is 1. The molecule has 3 aromatic rings. The predicted molar refractivity (Wildman–Crippen MR) is 106 cm³/mol. The van der Waals surface area contributed by atoms with Crippen LogP contribution in [0.5, 0.6) is 0 Å². The Labute approximate surface area is 164 Å². The SMILES string of the molecule is CCOC(=O)c1sc2nc([C@H](C)Sc3nncn3C(C)C)[nH]c(=O)c2c1C. The third kappa shape index (κ3) is 3.77. The monoisotopic (exact) mass is 407 g/mol. The van der Waals surface area contributed by atoms with Crippen molar-refractivity contribution >= 4 is 39.3 Å². The molecule has 0 radical (unpaired) electrons. The number of aromatic amines is 1. The van der Waals surface area contributed by atoms with E-state index in [4.69, 9.17) is 4.74 Å². The topological polar surface area (TPSA) is 103 Å². The van der Waals surface area contributed by atoms with Gasteiger partial charge in [0.1, 0.15) is 21.9 Å². The summed E-state index contributed by atoms with van der Waals surface area (Å²) in [7, 11) is 0. The number of hydrogen-bond acceptors (Lipinski definition) is 8. The molecule has 0 bridgehead atoms. The van der Waals surface area contributed by atoms with Crippen LogP contribution in [-0.4, -0.2) is 37.3 Å². The lowest BCUT2D eigenvalue weighted by Crippen LogP contribution is -2.13. The number of esters is 1. The van der Waals surface area contributed by atoms with Crippen molar-refractivity contribution < 1.29 is 9.53 Å². The summed E-state index contributed by atoms with van der Waals surface area (Å²) >= 11 is 2.66. The molecular weight excluding hydrogens is 386 g/mol. The lowest BCUT2D eigenvalue weighted by Gasteiger charge is -2.13. The summed E-state index contributed by atoms with van der Waals surface area (Å²) in [5.74, 6) is 0.110. The first-order chi connectivity index (χ1) is 12.8. The lowest BCUT2D eigenvalue weighted by atomic mass is 10.2. The van der Waals surface area contributed by atoms with Gasteiger partial charge in [0, 0.05) is 6.04 Å². The Kier molecular flexibility index (Phi) is 5.66. The van der Waals surface area contributed by atoms with Crippen LogP contribution in [-0.2, 0) is 4.74 Å². The molecule has 3 rings (SSSR count). The van der Waals surface area contributed by atoms with E-state index in [9.17, 15) is 9.59 Å². The number of thioether (sulfide) groups is 1. The highest BCUT2D eigenvalue weighted by Crippen LogP contribution is 2.34. The number of nitrogens with one attached hydrogen (secondary N) is 1. The standard InChI is InChI=1S/C17H21N5O3S2/c1-6-25-16(24)12-9(4)11-14(23)19-13(20-15(11)27-12)10(5)26-17-21-18-7-22(17)8(2)3/h7-8,10H,6H2,1-5H3,(H,19,20,23)/t10-/m0/s1. The molecule has 0 aliphatic carbocycles. The quantitative estimate of drug-likeness (QED) is 0.493. The highest BCUT2D eigenvalue weighted by Gasteiger charge is 2.22. The first kappa shape index (κ1) is 19.6. The summed E-state index contributed by atoms with van der Waals surface area (Å²) in [5, 5.41) is 9.16. The van der Waals surface area contributed by atoms with Gasteiger partial charge in [-0.1, -0.05) is 11.8 Å². The first-order valence-electron chi connectivity index (χ1n) is 8.60. The average molecular weight is 408 g/mol. The number of carbonyl (C=O) groups excluding carboxylic acids is 1. The molecule has 0 amide bonds. The first-order valence-corrected chi connectivity index (χ1v) is 10.3. The van der Waals surface area contributed by atoms with Gasteiger partial charge in [0.15, 0.2) is 5.16 Å². The van der Waals surface area contributed by atoms with E-state index in [0.29, 0.717) is 26.5 Å². The van der Waals surface area contributed by atoms with Gasteiger partial charge in [0.05, 0.1) is 17.2 Å². The molecule has 144 valence electrons. The van der Waals surface area contributed by atoms with Gasteiger partial charge >= 0.3 is 5.97 Å². The molecule has 0 spiro atoms. The number of aryl methyl sites for hydroxylation is 1. The van der Waals surface area contributed by atoms with E-state index in [-0.39, 0.29) is 23.5 Å². The minimum Gasteiger partial charge on any atom is -0.462 e. The van der Waals surface area contributed by atoms with Crippen LogP contribution in [0.2, 0.25) is 0 Å². The zero-order chi connectivity index (χ0) is 19.7. The Morgan fingerprint density at radius 3 is 2.81 bits per heavy atom. The second-order valence-corrected chi connectivity index (χ2v) is 8.59. The lowest BCUT2D eigenvalue weighted by molar-refractivity contribution is 0.0531. The maximum Gasteiger partial charge on any atom is 0.348 e. The van der Waals surface area contributed by atoms with Crippen molar-refractivity contribution in [3.05, 3.63) is 32.9 Å². The molecule has 0 saturated heterocycles. The molecule has 3 aromatic heterocycles. The summed E-state index contributed by atoms with van der Waals surface area (Å²) in [6.07, 6.45) is 1.69. The number of nitrogens with zero attached hydrogens (tertiary/aromatic N) is 4. The minimum atomic E-state index is -0.425. The fourth-order valence-corrected chi connectivity index (χ4v) is 4.72. The normalized spacial score (nSPS) is 12.7. The highest BCUT2D eigenvalue weighted by molar-refractivity contribution is 7.99. The fraction of sp³-hybridized carbons (Fsp3) is 0.471. The van der Waals surface area contributed by atoms with Crippen molar-refractivity contribution in [3.8, 4) is 0 Å². The third-order valence-corrected chi connectivity index (χ3v) is 6.29. The smallest absolute Gasteiger partial charge is 0.348 e. The number of thiophene rings is 1. The zero-order valence-electron chi connectivity index (χ0n) is 15.8. The maximum atomic E-state index is 12.6. The maximum absolute atomic E-state index is 12.6. The van der Waals surface area contributed by atoms with Gasteiger partial charge in [-0.3, -0.25) is 4.79 Å². The van der Waals surface area contributed by atoms with Crippen molar-refractivity contribution in [2.45, 2.75) is 51.1 Å². The van der Waals surface area contributed by atoms with Crippen molar-refractivity contribution in [2.24, 2.45) is 0 Å². The van der Waals surface area contributed by atoms with Crippen LogP contribution in [0.4, 0.5) is 0 Å². The van der Waals surface area contributed by atoms with E-state index in [1.54, 1.807) is 20.2 Å². The summed E-state index contributed by atoms with van der Waals surface area (Å²) < 4.78 is 7.04. The van der Waals surface area contributed by atoms with Crippen molar-refractivity contribution in [1.29, 1.82) is 0 Å². The molecule has 0 aromatic carbocycles. The van der Waals surface area contributed by atoms with Gasteiger partial charge in [-0.15, -0.1) is 21.5 Å². The molecule has 27 heavy (non-hydrogen) atoms. The van der Waals surface area contributed by atoms with Gasteiger partial charge in [-0.05, 0) is 40.2 Å². The van der Waals surface area contributed by atoms with E-state index in [1.807, 2.05) is 11.5 Å². The zero-order valence-corrected chi connectivity index (χ0v) is 17.4. The van der Waals surface area contributed by atoms with Gasteiger partial charge in [-0.25, -0.2) is 9.78 Å². The van der Waals surface area contributed by atoms with Crippen LogP contribution in [0.15, 0.2) is 16.3 Å². The Hall–Kier alpha value is -2.20. The van der Waals surface area contributed by atoms with E-state index in [0.717, 1.165) is 5.16 Å². The second kappa shape index (κ2) is 7.81. The number of rotatable bonds is 6. The van der Waals surface area contributed by atoms with Crippen LogP contribution < -0.4 is 5.56 Å². The molecule has 1 atom stereocenters. The van der Waals surface area contributed by atoms with Crippen molar-refractivity contribution in [2.75, 3.05) is 6.61 Å². The average Bonchev–Trinajstić information content (AvgIpc) is 3.19. The van der Waals surface area contributed by atoms with Gasteiger partial charge in [0.25, 0.3) is 5.56 Å². The highest BCUT2D eigenvalue weighted by atomic mass is 32.2. The third-order valence-electron chi connectivity index (χ3n) is 4.04. The Bertz CT molecular complexity index is 1040. The van der Waals surface area contributed by atoms with Crippen LogP contribution >= 0.6 is 23.1 Å². The number of fused-ring (bicyclic) bond motifs is 1. The molecular formula is C17H21N5O3S2. The molecule has 8 nitrogen and oxygen atoms in total. The van der Waals surface area contributed by atoms with Crippen molar-refractivity contribution in [3.63, 3.8) is 0 Å². The largest absolute Gasteiger partial charge is 0.462 e. The summed E-state index contributed by atoms with van der Waals surface area (Å²) in [5.41, 5.74) is 0.352. The Morgan fingerprint density at radius 2 is 2.15 bits per heavy atom. The van der Waals surface area contributed by atoms with E-state index >= 15 is 0 Å². The number of aromatic nitrogens is 5. The van der Waals surface area contributed by atoms with Crippen LogP contribution in [0.1, 0.15) is 60.0 Å². The molecule has 3 heterocycles. The Morgan fingerprint density at radius 1 is 1.41 bits per heavy atom. The molecule has 0 aliphatic rings. The van der Waals surface area contributed by atoms with Gasteiger partial charge in [-0.2, -0.15) is 0 Å². The van der Waals surface area contributed by atoms with Crippen LogP contribution in [0.3, 0.4) is 0 Å². The second-order valence-electron chi connectivity index (χ2n) is 6.28. The van der Waals surface area contributed by atoms with Crippen LogP contribution in [0.25, 0.3) is 10.2 Å². The minimum absolute atomic E-state index is 0.141. The summed E-state index contributed by atoms with van der Waals surface area (Å²) in [6, 6.07) is 0.233. The molecule has 0 saturated carbocycles. The van der Waals surface area contributed by atoms with E-state index in [2.05, 4.69) is 34.0 Å². The van der Waals surface area contributed by atoms with Crippen molar-refractivity contribution in [1.82, 2.24) is 24.7 Å². The Balaban J connectivity index is 1.97. The molecule has 10 heteroatoms. The van der Waals surface area contributed by atoms with E-state index in [1.165, 1.54) is 23.1 Å². The summed E-state index contributed by atoms with van der Waals surface area (Å²) in [4.78, 5) is 33.1. The summed E-state index contributed by atoms with van der Waals surface area (Å²) in [6.45, 7) is 9.82. The van der Waals surface area contributed by atoms with E-state index < -0.39 is 5.97 Å². The molecule has 0 fully saturated rings. The number of ether oxygens (including phenoxy) is 1. The fourth-order valence-electron chi connectivity index (χ4n) is 2.63.